The molecule has 2 aromatic rings. The molecule has 0 fully saturated rings. The monoisotopic (exact) mass is 271 g/mol. The van der Waals surface area contributed by atoms with Crippen molar-refractivity contribution < 1.29 is 5.11 Å². The van der Waals surface area contributed by atoms with Gasteiger partial charge in [-0.3, -0.25) is 0 Å². The molecule has 0 bridgehead atoms. The molecule has 1 aliphatic heterocycles. The summed E-state index contributed by atoms with van der Waals surface area (Å²) in [5.74, 6) is 0.254. The molecule has 98 valence electrons. The molecule has 0 aliphatic carbocycles. The zero-order valence-electron chi connectivity index (χ0n) is 10.9. The summed E-state index contributed by atoms with van der Waals surface area (Å²) < 4.78 is 0. The second-order valence-electron chi connectivity index (χ2n) is 4.94. The van der Waals surface area contributed by atoms with Gasteiger partial charge >= 0.3 is 0 Å². The fourth-order valence-corrected chi connectivity index (χ4v) is 3.44. The Morgan fingerprint density at radius 1 is 1.00 bits per heavy atom. The molecule has 1 heterocycles. The Bertz CT molecular complexity index is 539. The van der Waals surface area contributed by atoms with E-state index in [4.69, 9.17) is 0 Å². The lowest BCUT2D eigenvalue weighted by atomic mass is 10.1. The normalized spacial score (nSPS) is 14.7. The highest BCUT2D eigenvalue weighted by molar-refractivity contribution is 7.99. The summed E-state index contributed by atoms with van der Waals surface area (Å²) in [7, 11) is 0. The van der Waals surface area contributed by atoms with E-state index in [2.05, 4.69) is 60.4 Å². The zero-order chi connectivity index (χ0) is 13.2. The summed E-state index contributed by atoms with van der Waals surface area (Å²) in [6, 6.07) is 16.9. The predicted molar refractivity (Wildman–Crippen MR) is 80.3 cm³/mol. The molecule has 2 aromatic carbocycles. The molecule has 0 amide bonds. The maximum absolute atomic E-state index is 9.33. The summed E-state index contributed by atoms with van der Waals surface area (Å²) in [6.45, 7) is 3.13. The van der Waals surface area contributed by atoms with Crippen LogP contribution in [0.4, 0.5) is 11.4 Å². The van der Waals surface area contributed by atoms with Crippen molar-refractivity contribution in [2.24, 2.45) is 5.92 Å². The van der Waals surface area contributed by atoms with Gasteiger partial charge < -0.3 is 10.0 Å². The molecule has 1 unspecified atom stereocenters. The summed E-state index contributed by atoms with van der Waals surface area (Å²) in [5, 5.41) is 9.33. The number of benzene rings is 2. The Hall–Kier alpha value is -1.45. The molecule has 1 N–H and O–H groups in total. The maximum Gasteiger partial charge on any atom is 0.0552 e. The molecular formula is C16H17NOS. The van der Waals surface area contributed by atoms with Crippen LogP contribution in [0.3, 0.4) is 0 Å². The Balaban J connectivity index is 2.06. The van der Waals surface area contributed by atoms with Crippen molar-refractivity contribution in [1.29, 1.82) is 0 Å². The van der Waals surface area contributed by atoms with E-state index in [0.29, 0.717) is 0 Å². The average molecular weight is 271 g/mol. The van der Waals surface area contributed by atoms with Crippen LogP contribution in [0, 0.1) is 5.92 Å². The molecule has 0 spiro atoms. The number of para-hydroxylation sites is 2. The van der Waals surface area contributed by atoms with Crippen LogP contribution >= 0.6 is 11.8 Å². The van der Waals surface area contributed by atoms with Gasteiger partial charge in [0.25, 0.3) is 0 Å². The highest BCUT2D eigenvalue weighted by atomic mass is 32.2. The largest absolute Gasteiger partial charge is 0.396 e. The van der Waals surface area contributed by atoms with Crippen LogP contribution in [-0.4, -0.2) is 18.3 Å². The van der Waals surface area contributed by atoms with Crippen LogP contribution in [0.15, 0.2) is 58.3 Å². The number of nitrogens with zero attached hydrogens (tertiary/aromatic N) is 1. The summed E-state index contributed by atoms with van der Waals surface area (Å²) in [6.07, 6.45) is 0. The molecule has 0 saturated carbocycles. The summed E-state index contributed by atoms with van der Waals surface area (Å²) in [5.41, 5.74) is 2.48. The highest BCUT2D eigenvalue weighted by Crippen LogP contribution is 2.47. The second kappa shape index (κ2) is 5.27. The first-order valence-corrected chi connectivity index (χ1v) is 7.35. The molecule has 1 aliphatic rings. The zero-order valence-corrected chi connectivity index (χ0v) is 11.7. The van der Waals surface area contributed by atoms with Crippen LogP contribution in [0.1, 0.15) is 6.92 Å². The highest BCUT2D eigenvalue weighted by Gasteiger charge is 2.23. The molecular weight excluding hydrogens is 254 g/mol. The molecule has 0 saturated heterocycles. The third-order valence-electron chi connectivity index (χ3n) is 3.34. The molecule has 0 radical (unpaired) electrons. The lowest BCUT2D eigenvalue weighted by Gasteiger charge is -2.34. The Morgan fingerprint density at radius 2 is 1.53 bits per heavy atom. The van der Waals surface area contributed by atoms with E-state index in [1.165, 1.54) is 21.2 Å². The SMILES string of the molecule is CC(CO)CN1c2ccccc2Sc2ccccc21. The Labute approximate surface area is 118 Å². The van der Waals surface area contributed by atoms with Crippen molar-refractivity contribution >= 4 is 23.1 Å². The van der Waals surface area contributed by atoms with Crippen molar-refractivity contribution in [2.45, 2.75) is 16.7 Å². The van der Waals surface area contributed by atoms with Gasteiger partial charge in [-0.25, -0.2) is 0 Å². The van der Waals surface area contributed by atoms with Crippen LogP contribution in [0.25, 0.3) is 0 Å². The fourth-order valence-electron chi connectivity index (χ4n) is 2.35. The van der Waals surface area contributed by atoms with Gasteiger partial charge in [-0.2, -0.15) is 0 Å². The number of aliphatic hydroxyl groups is 1. The van der Waals surface area contributed by atoms with Gasteiger partial charge in [0.1, 0.15) is 0 Å². The average Bonchev–Trinajstić information content (AvgIpc) is 2.46. The topological polar surface area (TPSA) is 23.5 Å². The van der Waals surface area contributed by atoms with E-state index >= 15 is 0 Å². The molecule has 3 heteroatoms. The third kappa shape index (κ3) is 2.36. The van der Waals surface area contributed by atoms with Crippen LogP contribution < -0.4 is 4.90 Å². The van der Waals surface area contributed by atoms with Gasteiger partial charge in [-0.1, -0.05) is 43.0 Å². The van der Waals surface area contributed by atoms with E-state index in [-0.39, 0.29) is 12.5 Å². The summed E-state index contributed by atoms with van der Waals surface area (Å²) in [4.78, 5) is 4.89. The standard InChI is InChI=1S/C16H17NOS/c1-12(11-18)10-17-13-6-2-4-8-15(13)19-16-9-5-3-7-14(16)17/h2-9,12,18H,10-11H2,1H3. The quantitative estimate of drug-likeness (QED) is 0.915. The maximum atomic E-state index is 9.33. The molecule has 19 heavy (non-hydrogen) atoms. The third-order valence-corrected chi connectivity index (χ3v) is 4.47. The molecule has 3 rings (SSSR count). The predicted octanol–water partition coefficient (Wildman–Crippen LogP) is 3.92. The number of hydrogen-bond donors (Lipinski definition) is 1. The van der Waals surface area contributed by atoms with E-state index in [1.807, 2.05) is 11.8 Å². The number of anilines is 2. The first-order chi connectivity index (χ1) is 9.29. The first-order valence-electron chi connectivity index (χ1n) is 6.54. The minimum absolute atomic E-state index is 0.216. The first kappa shape index (κ1) is 12.6. The van der Waals surface area contributed by atoms with Gasteiger partial charge in [0, 0.05) is 22.9 Å². The van der Waals surface area contributed by atoms with Gasteiger partial charge in [-0.05, 0) is 30.2 Å². The number of hydrogen-bond acceptors (Lipinski definition) is 3. The van der Waals surface area contributed by atoms with Crippen molar-refractivity contribution in [3.8, 4) is 0 Å². The van der Waals surface area contributed by atoms with E-state index in [0.717, 1.165) is 6.54 Å². The second-order valence-corrected chi connectivity index (χ2v) is 6.02. The lowest BCUT2D eigenvalue weighted by molar-refractivity contribution is 0.241. The molecule has 1 atom stereocenters. The Morgan fingerprint density at radius 3 is 2.05 bits per heavy atom. The lowest BCUT2D eigenvalue weighted by Crippen LogP contribution is -2.27. The van der Waals surface area contributed by atoms with E-state index in [1.54, 1.807) is 0 Å². The van der Waals surface area contributed by atoms with Gasteiger partial charge in [0.2, 0.25) is 0 Å². The summed E-state index contributed by atoms with van der Waals surface area (Å²) >= 11 is 1.82. The van der Waals surface area contributed by atoms with Gasteiger partial charge in [0.15, 0.2) is 0 Å². The minimum Gasteiger partial charge on any atom is -0.396 e. The van der Waals surface area contributed by atoms with E-state index < -0.39 is 0 Å². The van der Waals surface area contributed by atoms with Crippen molar-refractivity contribution in [3.05, 3.63) is 48.5 Å². The van der Waals surface area contributed by atoms with Crippen LogP contribution in [0.2, 0.25) is 0 Å². The number of rotatable bonds is 3. The van der Waals surface area contributed by atoms with Crippen LogP contribution in [-0.2, 0) is 0 Å². The van der Waals surface area contributed by atoms with E-state index in [9.17, 15) is 5.11 Å². The van der Waals surface area contributed by atoms with Crippen molar-refractivity contribution in [3.63, 3.8) is 0 Å². The minimum atomic E-state index is 0.216. The smallest absolute Gasteiger partial charge is 0.0552 e. The van der Waals surface area contributed by atoms with Gasteiger partial charge in [0.05, 0.1) is 11.4 Å². The van der Waals surface area contributed by atoms with Crippen molar-refractivity contribution in [2.75, 3.05) is 18.1 Å². The number of aliphatic hydroxyl groups excluding tert-OH is 1. The fraction of sp³-hybridized carbons (Fsp3) is 0.250. The Kier molecular flexibility index (Phi) is 3.49. The van der Waals surface area contributed by atoms with Gasteiger partial charge in [-0.15, -0.1) is 0 Å². The van der Waals surface area contributed by atoms with Crippen LogP contribution in [0.5, 0.6) is 0 Å². The number of fused-ring (bicyclic) bond motifs is 2. The van der Waals surface area contributed by atoms with Crippen molar-refractivity contribution in [1.82, 2.24) is 0 Å². The molecule has 0 aromatic heterocycles. The molecule has 2 nitrogen and oxygen atoms in total.